The van der Waals surface area contributed by atoms with Crippen LogP contribution in [-0.4, -0.2) is 34.1 Å². The Bertz CT molecular complexity index is 617. The number of hydrogen-bond donors (Lipinski definition) is 1. The molecule has 1 amide bonds. The lowest BCUT2D eigenvalue weighted by molar-refractivity contribution is -0.116. The molecular formula is C13H19N5O. The van der Waals surface area contributed by atoms with Gasteiger partial charge in [0.15, 0.2) is 5.65 Å². The molecule has 6 nitrogen and oxygen atoms in total. The van der Waals surface area contributed by atoms with Crippen LogP contribution >= 0.6 is 0 Å². The minimum Gasteiger partial charge on any atom is -0.368 e. The molecule has 19 heavy (non-hydrogen) atoms. The third-order valence-corrected chi connectivity index (χ3v) is 2.93. The third kappa shape index (κ3) is 2.67. The second-order valence-electron chi connectivity index (χ2n) is 5.07. The first kappa shape index (κ1) is 13.3. The number of nitrogens with zero attached hydrogens (tertiary/aromatic N) is 4. The number of likely N-dealkylation sites (N-methyl/N-ethyl adjacent to an activating group) is 1. The number of primary amides is 1. The molecule has 0 aromatic carbocycles. The summed E-state index contributed by atoms with van der Waals surface area (Å²) in [6.45, 7) is 6.23. The second-order valence-corrected chi connectivity index (χ2v) is 5.07. The van der Waals surface area contributed by atoms with Crippen molar-refractivity contribution in [3.05, 3.63) is 23.5 Å². The fourth-order valence-electron chi connectivity index (χ4n) is 1.97. The molecule has 2 heterocycles. The molecule has 0 aliphatic heterocycles. The van der Waals surface area contributed by atoms with Crippen molar-refractivity contribution in [2.24, 2.45) is 5.73 Å². The van der Waals surface area contributed by atoms with Gasteiger partial charge in [0.2, 0.25) is 5.91 Å². The van der Waals surface area contributed by atoms with Crippen molar-refractivity contribution in [3.63, 3.8) is 0 Å². The molecule has 0 radical (unpaired) electrons. The van der Waals surface area contributed by atoms with Gasteiger partial charge < -0.3 is 10.6 Å². The van der Waals surface area contributed by atoms with E-state index in [1.54, 1.807) is 9.42 Å². The monoisotopic (exact) mass is 261 g/mol. The largest absolute Gasteiger partial charge is 0.368 e. The summed E-state index contributed by atoms with van der Waals surface area (Å²) >= 11 is 0. The molecule has 102 valence electrons. The van der Waals surface area contributed by atoms with Gasteiger partial charge in [-0.25, -0.2) is 4.98 Å². The highest BCUT2D eigenvalue weighted by Crippen LogP contribution is 2.21. The number of carbonyl (C=O) groups is 1. The van der Waals surface area contributed by atoms with E-state index in [1.165, 1.54) is 0 Å². The van der Waals surface area contributed by atoms with Crippen LogP contribution in [0.2, 0.25) is 0 Å². The standard InChI is InChI=1S/C13H19N5O/c1-8(2)10-6-13(17(4)7-11(14)19)18-12(15-10)5-9(3)16-18/h5-6,8H,7H2,1-4H3,(H2,14,19). The van der Waals surface area contributed by atoms with Crippen LogP contribution in [0.1, 0.15) is 31.2 Å². The van der Waals surface area contributed by atoms with Crippen molar-refractivity contribution in [2.45, 2.75) is 26.7 Å². The van der Waals surface area contributed by atoms with Crippen molar-refractivity contribution >= 4 is 17.4 Å². The maximum absolute atomic E-state index is 11.1. The fraction of sp³-hybridized carbons (Fsp3) is 0.462. The first-order valence-electron chi connectivity index (χ1n) is 6.25. The van der Waals surface area contributed by atoms with Crippen molar-refractivity contribution < 1.29 is 4.79 Å². The Morgan fingerprint density at radius 1 is 1.47 bits per heavy atom. The van der Waals surface area contributed by atoms with Crippen LogP contribution in [0.15, 0.2) is 12.1 Å². The minimum absolute atomic E-state index is 0.148. The number of aryl methyl sites for hydroxylation is 1. The predicted octanol–water partition coefficient (Wildman–Crippen LogP) is 1.08. The predicted molar refractivity (Wildman–Crippen MR) is 74.3 cm³/mol. The van der Waals surface area contributed by atoms with Crippen molar-refractivity contribution in [1.82, 2.24) is 14.6 Å². The molecule has 0 spiro atoms. The summed E-state index contributed by atoms with van der Waals surface area (Å²) in [4.78, 5) is 17.4. The molecule has 0 unspecified atom stereocenters. The summed E-state index contributed by atoms with van der Waals surface area (Å²) in [5, 5.41) is 4.40. The van der Waals surface area contributed by atoms with Gasteiger partial charge in [-0.05, 0) is 12.8 Å². The Labute approximate surface area is 112 Å². The van der Waals surface area contributed by atoms with E-state index in [-0.39, 0.29) is 12.5 Å². The van der Waals surface area contributed by atoms with E-state index in [2.05, 4.69) is 23.9 Å². The normalized spacial score (nSPS) is 11.2. The first-order valence-corrected chi connectivity index (χ1v) is 6.25. The Morgan fingerprint density at radius 2 is 2.16 bits per heavy atom. The zero-order valence-electron chi connectivity index (χ0n) is 11.7. The third-order valence-electron chi connectivity index (χ3n) is 2.93. The number of anilines is 1. The number of rotatable bonds is 4. The summed E-state index contributed by atoms with van der Waals surface area (Å²) in [5.74, 6) is 0.754. The smallest absolute Gasteiger partial charge is 0.236 e. The number of amides is 1. The lowest BCUT2D eigenvalue weighted by atomic mass is 10.1. The zero-order chi connectivity index (χ0) is 14.2. The Morgan fingerprint density at radius 3 is 2.74 bits per heavy atom. The van der Waals surface area contributed by atoms with Gasteiger partial charge in [0.25, 0.3) is 0 Å². The highest BCUT2D eigenvalue weighted by Gasteiger charge is 2.14. The van der Waals surface area contributed by atoms with Gasteiger partial charge in [-0.3, -0.25) is 4.79 Å². The van der Waals surface area contributed by atoms with Gasteiger partial charge in [0.05, 0.1) is 12.2 Å². The molecule has 0 fully saturated rings. The molecule has 2 aromatic rings. The summed E-state index contributed by atoms with van der Waals surface area (Å²) in [6.07, 6.45) is 0. The van der Waals surface area contributed by atoms with Crippen molar-refractivity contribution in [1.29, 1.82) is 0 Å². The van der Waals surface area contributed by atoms with Crippen LogP contribution in [0.5, 0.6) is 0 Å². The lowest BCUT2D eigenvalue weighted by Crippen LogP contribution is -2.32. The maximum atomic E-state index is 11.1. The molecule has 0 aliphatic rings. The summed E-state index contributed by atoms with van der Waals surface area (Å²) < 4.78 is 1.74. The van der Waals surface area contributed by atoms with E-state index in [0.717, 1.165) is 22.9 Å². The Hall–Kier alpha value is -2.11. The quantitative estimate of drug-likeness (QED) is 0.893. The van der Waals surface area contributed by atoms with Crippen LogP contribution < -0.4 is 10.6 Å². The highest BCUT2D eigenvalue weighted by molar-refractivity contribution is 5.79. The SMILES string of the molecule is Cc1cc2nc(C(C)C)cc(N(C)CC(N)=O)n2n1. The van der Waals surface area contributed by atoms with E-state index in [9.17, 15) is 4.79 Å². The molecule has 2 aromatic heterocycles. The Balaban J connectivity index is 2.58. The zero-order valence-corrected chi connectivity index (χ0v) is 11.7. The maximum Gasteiger partial charge on any atom is 0.236 e. The average Bonchev–Trinajstić information content (AvgIpc) is 2.66. The van der Waals surface area contributed by atoms with E-state index >= 15 is 0 Å². The molecule has 6 heteroatoms. The molecule has 0 saturated heterocycles. The van der Waals surface area contributed by atoms with Gasteiger partial charge in [0, 0.05) is 24.9 Å². The average molecular weight is 261 g/mol. The van der Waals surface area contributed by atoms with E-state index < -0.39 is 0 Å². The van der Waals surface area contributed by atoms with Gasteiger partial charge in [-0.1, -0.05) is 13.8 Å². The summed E-state index contributed by atoms with van der Waals surface area (Å²) in [6, 6.07) is 3.88. The Kier molecular flexibility index (Phi) is 3.42. The van der Waals surface area contributed by atoms with Crippen LogP contribution in [0.4, 0.5) is 5.82 Å². The van der Waals surface area contributed by atoms with Gasteiger partial charge in [-0.2, -0.15) is 9.61 Å². The molecule has 0 aliphatic carbocycles. The molecule has 0 bridgehead atoms. The lowest BCUT2D eigenvalue weighted by Gasteiger charge is -2.19. The van der Waals surface area contributed by atoms with E-state index in [0.29, 0.717) is 5.92 Å². The van der Waals surface area contributed by atoms with Gasteiger partial charge >= 0.3 is 0 Å². The molecule has 2 N–H and O–H groups in total. The number of hydrogen-bond acceptors (Lipinski definition) is 4. The first-order chi connectivity index (χ1) is 8.88. The topological polar surface area (TPSA) is 76.5 Å². The van der Waals surface area contributed by atoms with Crippen LogP contribution in [0, 0.1) is 6.92 Å². The van der Waals surface area contributed by atoms with Crippen LogP contribution in [-0.2, 0) is 4.79 Å². The van der Waals surface area contributed by atoms with Crippen molar-refractivity contribution in [3.8, 4) is 0 Å². The second kappa shape index (κ2) is 4.87. The molecule has 2 rings (SSSR count). The molecule has 0 saturated carbocycles. The number of fused-ring (bicyclic) bond motifs is 1. The van der Waals surface area contributed by atoms with E-state index in [1.807, 2.05) is 26.1 Å². The molecule has 0 atom stereocenters. The van der Waals surface area contributed by atoms with Crippen molar-refractivity contribution in [2.75, 3.05) is 18.5 Å². The van der Waals surface area contributed by atoms with Crippen LogP contribution in [0.3, 0.4) is 0 Å². The number of nitrogens with two attached hydrogens (primary N) is 1. The fourth-order valence-corrected chi connectivity index (χ4v) is 1.97. The number of aromatic nitrogens is 3. The van der Waals surface area contributed by atoms with Gasteiger partial charge in [0.1, 0.15) is 5.82 Å². The number of carbonyl (C=O) groups excluding carboxylic acids is 1. The van der Waals surface area contributed by atoms with E-state index in [4.69, 9.17) is 5.73 Å². The summed E-state index contributed by atoms with van der Waals surface area (Å²) in [7, 11) is 1.82. The summed E-state index contributed by atoms with van der Waals surface area (Å²) in [5.41, 5.74) is 7.90. The van der Waals surface area contributed by atoms with Gasteiger partial charge in [-0.15, -0.1) is 0 Å². The highest BCUT2D eigenvalue weighted by atomic mass is 16.1. The molecular weight excluding hydrogens is 242 g/mol. The van der Waals surface area contributed by atoms with Crippen LogP contribution in [0.25, 0.3) is 5.65 Å². The minimum atomic E-state index is -0.373.